The molecule has 2 aliphatic rings. The summed E-state index contributed by atoms with van der Waals surface area (Å²) < 4.78 is 5.41. The maximum absolute atomic E-state index is 12.1. The van der Waals surface area contributed by atoms with Crippen LogP contribution in [0.3, 0.4) is 0 Å². The van der Waals surface area contributed by atoms with Gasteiger partial charge in [-0.15, -0.1) is 0 Å². The molecule has 0 aromatic carbocycles. The van der Waals surface area contributed by atoms with E-state index in [1.165, 1.54) is 19.3 Å². The third-order valence-corrected chi connectivity index (χ3v) is 4.89. The van der Waals surface area contributed by atoms with Gasteiger partial charge in [-0.1, -0.05) is 19.8 Å². The highest BCUT2D eigenvalue weighted by Gasteiger charge is 2.35. The fourth-order valence-electron chi connectivity index (χ4n) is 3.47. The topological polar surface area (TPSA) is 61.8 Å². The Balaban J connectivity index is 1.94. The van der Waals surface area contributed by atoms with Gasteiger partial charge in [0, 0.05) is 12.1 Å². The number of amides is 1. The average Bonchev–Trinajstić information content (AvgIpc) is 3.24. The number of nitrogens with zero attached hydrogens (tertiary/aromatic N) is 1. The molecule has 2 saturated carbocycles. The van der Waals surface area contributed by atoms with Crippen molar-refractivity contribution in [2.75, 3.05) is 13.1 Å². The largest absolute Gasteiger partial charge is 0.444 e. The molecule has 2 rings (SSSR count). The highest BCUT2D eigenvalue weighted by atomic mass is 16.6. The predicted molar refractivity (Wildman–Crippen MR) is 91.4 cm³/mol. The molecule has 0 bridgehead atoms. The number of rotatable bonds is 6. The van der Waals surface area contributed by atoms with Gasteiger partial charge in [0.15, 0.2) is 0 Å². The molecule has 0 radical (unpaired) electrons. The first-order valence-corrected chi connectivity index (χ1v) is 9.20. The number of hydrogen-bond donors (Lipinski definition) is 2. The number of alkyl carbamates (subject to hydrolysis) is 1. The Morgan fingerprint density at radius 2 is 1.96 bits per heavy atom. The van der Waals surface area contributed by atoms with Gasteiger partial charge in [-0.05, 0) is 65.5 Å². The lowest BCUT2D eigenvalue weighted by atomic mass is 9.87. The van der Waals surface area contributed by atoms with Crippen LogP contribution < -0.4 is 5.32 Å². The fourth-order valence-corrected chi connectivity index (χ4v) is 3.47. The lowest BCUT2D eigenvalue weighted by molar-refractivity contribution is 0.0236. The zero-order valence-electron chi connectivity index (χ0n) is 15.2. The summed E-state index contributed by atoms with van der Waals surface area (Å²) in [6.45, 7) is 9.81. The van der Waals surface area contributed by atoms with Crippen molar-refractivity contribution >= 4 is 6.09 Å². The van der Waals surface area contributed by atoms with Gasteiger partial charge >= 0.3 is 6.09 Å². The molecular weight excluding hydrogens is 292 g/mol. The van der Waals surface area contributed by atoms with Crippen LogP contribution in [0, 0.1) is 5.92 Å². The fraction of sp³-hybridized carbons (Fsp3) is 0.944. The molecule has 0 spiro atoms. The summed E-state index contributed by atoms with van der Waals surface area (Å²) in [6, 6.07) is 0.266. The summed E-state index contributed by atoms with van der Waals surface area (Å²) >= 11 is 0. The van der Waals surface area contributed by atoms with Crippen LogP contribution in [0.15, 0.2) is 0 Å². The average molecular weight is 326 g/mol. The van der Waals surface area contributed by atoms with Crippen molar-refractivity contribution in [2.45, 2.75) is 90.0 Å². The highest BCUT2D eigenvalue weighted by Crippen LogP contribution is 2.33. The summed E-state index contributed by atoms with van der Waals surface area (Å²) in [5, 5.41) is 13.1. The number of ether oxygens (including phenoxy) is 1. The van der Waals surface area contributed by atoms with E-state index in [1.807, 2.05) is 20.8 Å². The van der Waals surface area contributed by atoms with Crippen LogP contribution >= 0.6 is 0 Å². The Hall–Kier alpha value is -0.810. The Bertz CT molecular complexity index is 390. The van der Waals surface area contributed by atoms with Crippen molar-refractivity contribution in [3.05, 3.63) is 0 Å². The molecule has 0 aromatic heterocycles. The predicted octanol–water partition coefficient (Wildman–Crippen LogP) is 2.92. The van der Waals surface area contributed by atoms with Gasteiger partial charge in [0.25, 0.3) is 0 Å². The molecule has 0 heterocycles. The van der Waals surface area contributed by atoms with Gasteiger partial charge in [0.2, 0.25) is 0 Å². The molecule has 3 atom stereocenters. The van der Waals surface area contributed by atoms with Crippen molar-refractivity contribution in [1.82, 2.24) is 10.2 Å². The number of carbonyl (C=O) groups excluding carboxylic acids is 1. The van der Waals surface area contributed by atoms with Crippen LogP contribution in [0.4, 0.5) is 4.79 Å². The minimum Gasteiger partial charge on any atom is -0.444 e. The zero-order chi connectivity index (χ0) is 17.0. The molecule has 2 fully saturated rings. The summed E-state index contributed by atoms with van der Waals surface area (Å²) in [5.74, 6) is 0.898. The molecule has 134 valence electrons. The van der Waals surface area contributed by atoms with Crippen molar-refractivity contribution < 1.29 is 14.6 Å². The van der Waals surface area contributed by atoms with Crippen LogP contribution in [0.25, 0.3) is 0 Å². The van der Waals surface area contributed by atoms with E-state index >= 15 is 0 Å². The minimum absolute atomic E-state index is 0.0624. The van der Waals surface area contributed by atoms with E-state index in [9.17, 15) is 9.90 Å². The molecule has 0 aliphatic heterocycles. The second-order valence-electron chi connectivity index (χ2n) is 8.15. The number of hydrogen-bond acceptors (Lipinski definition) is 4. The number of aliphatic hydroxyl groups is 1. The Kier molecular flexibility index (Phi) is 6.32. The van der Waals surface area contributed by atoms with Crippen molar-refractivity contribution in [1.29, 1.82) is 0 Å². The second-order valence-corrected chi connectivity index (χ2v) is 8.15. The summed E-state index contributed by atoms with van der Waals surface area (Å²) in [4.78, 5) is 14.6. The maximum Gasteiger partial charge on any atom is 0.407 e. The van der Waals surface area contributed by atoms with Crippen LogP contribution in [0.1, 0.15) is 66.2 Å². The normalized spacial score (nSPS) is 28.7. The van der Waals surface area contributed by atoms with E-state index in [2.05, 4.69) is 17.1 Å². The number of likely N-dealkylation sites (N-methyl/N-ethyl adjacent to an activating group) is 1. The van der Waals surface area contributed by atoms with Gasteiger partial charge in [-0.2, -0.15) is 0 Å². The minimum atomic E-state index is -0.482. The molecule has 1 amide bonds. The first-order chi connectivity index (χ1) is 10.8. The van der Waals surface area contributed by atoms with Crippen molar-refractivity contribution in [3.63, 3.8) is 0 Å². The molecule has 2 N–H and O–H groups in total. The molecule has 5 nitrogen and oxygen atoms in total. The smallest absolute Gasteiger partial charge is 0.407 e. The van der Waals surface area contributed by atoms with Gasteiger partial charge < -0.3 is 15.2 Å². The maximum atomic E-state index is 12.1. The zero-order valence-corrected chi connectivity index (χ0v) is 15.2. The second kappa shape index (κ2) is 7.84. The van der Waals surface area contributed by atoms with Crippen molar-refractivity contribution in [2.24, 2.45) is 5.92 Å². The molecular formula is C18H34N2O3. The van der Waals surface area contributed by atoms with E-state index in [4.69, 9.17) is 4.74 Å². The highest BCUT2D eigenvalue weighted by molar-refractivity contribution is 5.68. The molecule has 0 aromatic rings. The summed E-state index contributed by atoms with van der Waals surface area (Å²) in [5.41, 5.74) is -0.482. The standard InChI is InChI=1S/C18H34N2O3/c1-5-20(11-10-13-6-7-13)16-12-14(21)8-9-15(16)19-17(22)23-18(2,3)4/h13-16,21H,5-12H2,1-4H3,(H,19,22). The van der Waals surface area contributed by atoms with Crippen molar-refractivity contribution in [3.8, 4) is 0 Å². The molecule has 0 saturated heterocycles. The number of carbonyl (C=O) groups is 1. The van der Waals surface area contributed by atoms with Crippen LogP contribution in [-0.2, 0) is 4.74 Å². The molecule has 23 heavy (non-hydrogen) atoms. The van der Waals surface area contributed by atoms with Gasteiger partial charge in [0.1, 0.15) is 5.60 Å². The van der Waals surface area contributed by atoms with Crippen LogP contribution in [0.5, 0.6) is 0 Å². The third-order valence-electron chi connectivity index (χ3n) is 4.89. The number of nitrogens with one attached hydrogen (secondary N) is 1. The van der Waals surface area contributed by atoms with E-state index in [0.29, 0.717) is 0 Å². The Morgan fingerprint density at radius 3 is 2.52 bits per heavy atom. The quantitative estimate of drug-likeness (QED) is 0.788. The summed E-state index contributed by atoms with van der Waals surface area (Å²) in [6.07, 6.45) is 5.66. The van der Waals surface area contributed by atoms with Gasteiger partial charge in [0.05, 0.1) is 6.10 Å². The summed E-state index contributed by atoms with van der Waals surface area (Å²) in [7, 11) is 0. The Morgan fingerprint density at radius 1 is 1.26 bits per heavy atom. The first-order valence-electron chi connectivity index (χ1n) is 9.20. The van der Waals surface area contributed by atoms with E-state index < -0.39 is 5.60 Å². The van der Waals surface area contributed by atoms with Gasteiger partial charge in [-0.25, -0.2) is 4.79 Å². The van der Waals surface area contributed by atoms with Gasteiger partial charge in [-0.3, -0.25) is 4.90 Å². The lowest BCUT2D eigenvalue weighted by Crippen LogP contribution is -2.56. The number of aliphatic hydroxyl groups excluding tert-OH is 1. The van der Waals surface area contributed by atoms with Crippen LogP contribution in [-0.4, -0.2) is 53.0 Å². The first kappa shape index (κ1) is 18.5. The van der Waals surface area contributed by atoms with E-state index in [-0.39, 0.29) is 24.3 Å². The Labute approximate surface area is 140 Å². The third kappa shape index (κ3) is 6.30. The molecule has 2 aliphatic carbocycles. The molecule has 5 heteroatoms. The monoisotopic (exact) mass is 326 g/mol. The van der Waals surface area contributed by atoms with Crippen LogP contribution in [0.2, 0.25) is 0 Å². The molecule has 3 unspecified atom stereocenters. The van der Waals surface area contributed by atoms with E-state index in [1.54, 1.807) is 0 Å². The van der Waals surface area contributed by atoms with E-state index in [0.717, 1.165) is 38.3 Å². The SMILES string of the molecule is CCN(CCC1CC1)C1CC(O)CCC1NC(=O)OC(C)(C)C. The lowest BCUT2D eigenvalue weighted by Gasteiger charge is -2.41.